The van der Waals surface area contributed by atoms with Gasteiger partial charge in [0.15, 0.2) is 5.66 Å². The molecule has 0 aromatic heterocycles. The van der Waals surface area contributed by atoms with Crippen LogP contribution in [-0.4, -0.2) is 28.1 Å². The van der Waals surface area contributed by atoms with Crippen molar-refractivity contribution in [2.75, 3.05) is 11.1 Å². The summed E-state index contributed by atoms with van der Waals surface area (Å²) in [6, 6.07) is 14.9. The summed E-state index contributed by atoms with van der Waals surface area (Å²) in [5.74, 6) is 0.871. The van der Waals surface area contributed by atoms with Crippen molar-refractivity contribution in [3.05, 3.63) is 64.1 Å². The van der Waals surface area contributed by atoms with E-state index in [1.807, 2.05) is 42.5 Å². The van der Waals surface area contributed by atoms with Crippen LogP contribution in [0.5, 0.6) is 0 Å². The smallest absolute Gasteiger partial charge is 0.234 e. The lowest BCUT2D eigenvalue weighted by Crippen LogP contribution is -2.28. The van der Waals surface area contributed by atoms with Crippen molar-refractivity contribution in [2.24, 2.45) is 15.9 Å². The number of rotatable bonds is 4. The number of carbonyl (C=O) groups is 1. The third-order valence-electron chi connectivity index (χ3n) is 5.49. The van der Waals surface area contributed by atoms with Gasteiger partial charge in [0.25, 0.3) is 0 Å². The van der Waals surface area contributed by atoms with E-state index in [4.69, 9.17) is 33.2 Å². The number of amides is 1. The van der Waals surface area contributed by atoms with Crippen LogP contribution in [0.4, 0.5) is 5.69 Å². The van der Waals surface area contributed by atoms with Gasteiger partial charge in [-0.1, -0.05) is 60.1 Å². The van der Waals surface area contributed by atoms with E-state index in [1.54, 1.807) is 6.07 Å². The maximum Gasteiger partial charge on any atom is 0.234 e. The summed E-state index contributed by atoms with van der Waals surface area (Å²) in [5, 5.41) is 4.82. The summed E-state index contributed by atoms with van der Waals surface area (Å²) >= 11 is 14.0. The van der Waals surface area contributed by atoms with Crippen molar-refractivity contribution in [1.82, 2.24) is 0 Å². The van der Waals surface area contributed by atoms with E-state index in [2.05, 4.69) is 12.2 Å². The normalized spacial score (nSPS) is 23.2. The Morgan fingerprint density at radius 3 is 2.57 bits per heavy atom. The largest absolute Gasteiger partial charge is 0.325 e. The molecule has 1 spiro atoms. The third-order valence-corrected chi connectivity index (χ3v) is 7.00. The molecule has 0 bridgehead atoms. The highest BCUT2D eigenvalue weighted by molar-refractivity contribution is 8.16. The van der Waals surface area contributed by atoms with Gasteiger partial charge in [-0.15, -0.1) is 0 Å². The summed E-state index contributed by atoms with van der Waals surface area (Å²) in [7, 11) is 0. The first kappa shape index (κ1) is 21.4. The predicted molar refractivity (Wildman–Crippen MR) is 128 cm³/mol. The second-order valence-electron chi connectivity index (χ2n) is 7.87. The lowest BCUT2D eigenvalue weighted by Gasteiger charge is -2.30. The van der Waals surface area contributed by atoms with Gasteiger partial charge in [-0.2, -0.15) is 0 Å². The molecule has 4 nitrogen and oxygen atoms in total. The minimum atomic E-state index is -0.428. The highest BCUT2D eigenvalue weighted by atomic mass is 35.5. The first-order chi connectivity index (χ1) is 14.4. The van der Waals surface area contributed by atoms with Crippen LogP contribution in [0.1, 0.15) is 38.2 Å². The van der Waals surface area contributed by atoms with Crippen molar-refractivity contribution >= 4 is 57.3 Å². The Bertz CT molecular complexity index is 999. The van der Waals surface area contributed by atoms with Crippen LogP contribution in [0.15, 0.2) is 58.5 Å². The minimum absolute atomic E-state index is 0.0753. The second kappa shape index (κ2) is 9.13. The fourth-order valence-corrected chi connectivity index (χ4v) is 5.15. The molecule has 1 heterocycles. The molecule has 1 amide bonds. The maximum absolute atomic E-state index is 12.5. The monoisotopic (exact) mass is 459 g/mol. The summed E-state index contributed by atoms with van der Waals surface area (Å²) in [4.78, 5) is 22.5. The van der Waals surface area contributed by atoms with Gasteiger partial charge in [-0.25, -0.2) is 4.99 Å². The predicted octanol–water partition coefficient (Wildman–Crippen LogP) is 6.47. The molecular weight excluding hydrogens is 437 g/mol. The van der Waals surface area contributed by atoms with Gasteiger partial charge in [0.1, 0.15) is 10.8 Å². The standard InChI is InChI=1S/C23H23Cl2N3OS/c1-15-9-11-23(12-10-15)27-21(18-8-7-16(24)13-19(18)25)22(28-23)30-14-20(29)26-17-5-3-2-4-6-17/h2-8,13,15H,9-12,14H2,1H3,(H,26,29). The third kappa shape index (κ3) is 4.90. The molecule has 1 aliphatic carbocycles. The van der Waals surface area contributed by atoms with Crippen molar-refractivity contribution in [2.45, 2.75) is 38.3 Å². The number of para-hydroxylation sites is 1. The van der Waals surface area contributed by atoms with Crippen LogP contribution in [0.25, 0.3) is 0 Å². The molecule has 156 valence electrons. The van der Waals surface area contributed by atoms with E-state index in [9.17, 15) is 4.79 Å². The topological polar surface area (TPSA) is 53.8 Å². The number of nitrogens with one attached hydrogen (secondary N) is 1. The van der Waals surface area contributed by atoms with Gasteiger partial charge < -0.3 is 5.32 Å². The Morgan fingerprint density at radius 2 is 1.87 bits per heavy atom. The average molecular weight is 460 g/mol. The molecule has 0 atom stereocenters. The van der Waals surface area contributed by atoms with Crippen LogP contribution in [0, 0.1) is 5.92 Å². The number of benzene rings is 2. The van der Waals surface area contributed by atoms with Crippen LogP contribution < -0.4 is 5.32 Å². The van der Waals surface area contributed by atoms with E-state index in [0.717, 1.165) is 47.7 Å². The zero-order chi connectivity index (χ0) is 21.1. The van der Waals surface area contributed by atoms with E-state index in [0.29, 0.717) is 16.0 Å². The fourth-order valence-electron chi connectivity index (χ4n) is 3.78. The fraction of sp³-hybridized carbons (Fsp3) is 0.348. The molecule has 1 fully saturated rings. The van der Waals surface area contributed by atoms with Gasteiger partial charge in [0.05, 0.1) is 10.8 Å². The summed E-state index contributed by atoms with van der Waals surface area (Å²) < 4.78 is 0. The number of thioether (sulfide) groups is 1. The number of hydrogen-bond donors (Lipinski definition) is 1. The van der Waals surface area contributed by atoms with Crippen molar-refractivity contribution < 1.29 is 4.79 Å². The molecule has 1 saturated carbocycles. The van der Waals surface area contributed by atoms with Gasteiger partial charge in [-0.05, 0) is 61.9 Å². The lowest BCUT2D eigenvalue weighted by atomic mass is 9.83. The second-order valence-corrected chi connectivity index (χ2v) is 9.68. The maximum atomic E-state index is 12.5. The van der Waals surface area contributed by atoms with Crippen LogP contribution in [0.3, 0.4) is 0 Å². The first-order valence-corrected chi connectivity index (χ1v) is 11.8. The molecule has 4 rings (SSSR count). The van der Waals surface area contributed by atoms with E-state index in [1.165, 1.54) is 11.8 Å². The van der Waals surface area contributed by atoms with Crippen molar-refractivity contribution in [3.8, 4) is 0 Å². The summed E-state index contributed by atoms with van der Waals surface area (Å²) in [6.45, 7) is 2.27. The molecule has 2 aromatic rings. The molecule has 30 heavy (non-hydrogen) atoms. The number of hydrogen-bond acceptors (Lipinski definition) is 4. The number of halogens is 2. The summed E-state index contributed by atoms with van der Waals surface area (Å²) in [5.41, 5.74) is 1.93. The van der Waals surface area contributed by atoms with Gasteiger partial charge in [0.2, 0.25) is 5.91 Å². The van der Waals surface area contributed by atoms with Crippen molar-refractivity contribution in [1.29, 1.82) is 0 Å². The Labute approximate surface area is 191 Å². The number of nitrogens with zero attached hydrogens (tertiary/aromatic N) is 2. The first-order valence-electron chi connectivity index (χ1n) is 10.1. The zero-order valence-electron chi connectivity index (χ0n) is 16.7. The number of carbonyl (C=O) groups excluding carboxylic acids is 1. The molecule has 0 unspecified atom stereocenters. The molecule has 2 aliphatic rings. The Balaban J connectivity index is 1.55. The molecular formula is C23H23Cl2N3OS. The van der Waals surface area contributed by atoms with E-state index >= 15 is 0 Å². The SMILES string of the molecule is CC1CCC2(CC1)N=C(SCC(=O)Nc1ccccc1)C(c1ccc(Cl)cc1Cl)=N2. The van der Waals surface area contributed by atoms with Crippen LogP contribution in [-0.2, 0) is 4.79 Å². The van der Waals surface area contributed by atoms with E-state index < -0.39 is 5.66 Å². The quantitative estimate of drug-likeness (QED) is 0.568. The van der Waals surface area contributed by atoms with Crippen molar-refractivity contribution in [3.63, 3.8) is 0 Å². The van der Waals surface area contributed by atoms with Gasteiger partial charge in [-0.3, -0.25) is 9.79 Å². The van der Waals surface area contributed by atoms with Gasteiger partial charge in [0, 0.05) is 16.3 Å². The molecule has 0 radical (unpaired) electrons. The number of aliphatic imine (C=N–C) groups is 2. The Hall–Kier alpha value is -1.82. The Kier molecular flexibility index (Phi) is 6.51. The van der Waals surface area contributed by atoms with E-state index in [-0.39, 0.29) is 11.7 Å². The summed E-state index contributed by atoms with van der Waals surface area (Å²) in [6.07, 6.45) is 4.04. The van der Waals surface area contributed by atoms with Crippen LogP contribution in [0.2, 0.25) is 10.0 Å². The highest BCUT2D eigenvalue weighted by Gasteiger charge is 2.39. The minimum Gasteiger partial charge on any atom is -0.325 e. The van der Waals surface area contributed by atoms with Crippen LogP contribution >= 0.6 is 35.0 Å². The zero-order valence-corrected chi connectivity index (χ0v) is 19.0. The molecule has 2 aromatic carbocycles. The molecule has 0 saturated heterocycles. The number of anilines is 1. The lowest BCUT2D eigenvalue weighted by molar-refractivity contribution is -0.113. The molecule has 7 heteroatoms. The highest BCUT2D eigenvalue weighted by Crippen LogP contribution is 2.41. The molecule has 1 N–H and O–H groups in total. The average Bonchev–Trinajstić information content (AvgIpc) is 3.08. The Morgan fingerprint density at radius 1 is 1.13 bits per heavy atom. The molecule has 1 aliphatic heterocycles. The van der Waals surface area contributed by atoms with Gasteiger partial charge >= 0.3 is 0 Å².